The molecule has 4 heteroatoms. The summed E-state index contributed by atoms with van der Waals surface area (Å²) in [4.78, 5) is 11.2. The van der Waals surface area contributed by atoms with E-state index < -0.39 is 0 Å². The second-order valence-corrected chi connectivity index (χ2v) is 3.73. The van der Waals surface area contributed by atoms with Crippen LogP contribution in [0.1, 0.15) is 22.8 Å². The van der Waals surface area contributed by atoms with Gasteiger partial charge in [-0.3, -0.25) is 9.48 Å². The first-order chi connectivity index (χ1) is 7.65. The van der Waals surface area contributed by atoms with E-state index in [0.717, 1.165) is 11.1 Å². The molecule has 2 rings (SSSR count). The molecule has 0 saturated heterocycles. The summed E-state index contributed by atoms with van der Waals surface area (Å²) in [5.74, 6) is 0.0711. The Bertz CT molecular complexity index is 516. The van der Waals surface area contributed by atoms with Gasteiger partial charge in [0.15, 0.2) is 5.78 Å². The van der Waals surface area contributed by atoms with Crippen molar-refractivity contribution in [2.75, 3.05) is 5.73 Å². The van der Waals surface area contributed by atoms with Crippen LogP contribution < -0.4 is 5.73 Å². The van der Waals surface area contributed by atoms with Gasteiger partial charge in [0.2, 0.25) is 0 Å². The number of hydrogen-bond donors (Lipinski definition) is 1. The molecule has 0 atom stereocenters. The highest BCUT2D eigenvalue weighted by Gasteiger charge is 2.01. The summed E-state index contributed by atoms with van der Waals surface area (Å²) < 4.78 is 1.74. The Labute approximate surface area is 93.7 Å². The zero-order chi connectivity index (χ0) is 11.5. The average molecular weight is 215 g/mol. The Kier molecular flexibility index (Phi) is 2.72. The Hall–Kier alpha value is -2.10. The highest BCUT2D eigenvalue weighted by atomic mass is 16.1. The van der Waals surface area contributed by atoms with Gasteiger partial charge in [-0.25, -0.2) is 0 Å². The molecule has 0 bridgehead atoms. The number of rotatable bonds is 3. The molecule has 1 aromatic carbocycles. The molecule has 0 aliphatic heterocycles. The maximum absolute atomic E-state index is 11.2. The maximum Gasteiger partial charge on any atom is 0.159 e. The zero-order valence-electron chi connectivity index (χ0n) is 9.05. The molecule has 16 heavy (non-hydrogen) atoms. The minimum Gasteiger partial charge on any atom is -0.396 e. The van der Waals surface area contributed by atoms with E-state index in [0.29, 0.717) is 12.2 Å². The van der Waals surface area contributed by atoms with Gasteiger partial charge in [-0.1, -0.05) is 18.2 Å². The number of carbonyl (C=O) groups excluding carboxylic acids is 1. The molecule has 2 aromatic rings. The third-order valence-corrected chi connectivity index (χ3v) is 2.33. The van der Waals surface area contributed by atoms with Crippen molar-refractivity contribution in [1.82, 2.24) is 9.78 Å². The Morgan fingerprint density at radius 3 is 2.94 bits per heavy atom. The molecule has 82 valence electrons. The van der Waals surface area contributed by atoms with E-state index in [9.17, 15) is 4.79 Å². The van der Waals surface area contributed by atoms with E-state index >= 15 is 0 Å². The number of Topliss-reactive ketones (excluding diaryl/α,β-unsaturated/α-hetero) is 1. The van der Waals surface area contributed by atoms with E-state index in [2.05, 4.69) is 5.10 Å². The molecule has 2 N–H and O–H groups in total. The molecule has 0 fully saturated rings. The molecule has 0 amide bonds. The Balaban J connectivity index is 2.21. The highest BCUT2D eigenvalue weighted by Crippen LogP contribution is 2.08. The zero-order valence-corrected chi connectivity index (χ0v) is 9.05. The second kappa shape index (κ2) is 4.18. The van der Waals surface area contributed by atoms with Crippen LogP contribution >= 0.6 is 0 Å². The van der Waals surface area contributed by atoms with Gasteiger partial charge in [-0.15, -0.1) is 0 Å². The minimum atomic E-state index is 0.0711. The van der Waals surface area contributed by atoms with Gasteiger partial charge < -0.3 is 5.73 Å². The number of nitrogens with zero attached hydrogens (tertiary/aromatic N) is 2. The summed E-state index contributed by atoms with van der Waals surface area (Å²) in [7, 11) is 0. The van der Waals surface area contributed by atoms with Crippen molar-refractivity contribution in [3.63, 3.8) is 0 Å². The summed E-state index contributed by atoms with van der Waals surface area (Å²) in [6.45, 7) is 2.18. The van der Waals surface area contributed by atoms with E-state index in [1.54, 1.807) is 24.0 Å². The minimum absolute atomic E-state index is 0.0711. The Morgan fingerprint density at radius 2 is 2.31 bits per heavy atom. The van der Waals surface area contributed by atoms with Crippen molar-refractivity contribution in [2.24, 2.45) is 0 Å². The molecule has 0 saturated carbocycles. The average Bonchev–Trinajstić information content (AvgIpc) is 2.64. The number of aromatic nitrogens is 2. The summed E-state index contributed by atoms with van der Waals surface area (Å²) >= 11 is 0. The number of carbonyl (C=O) groups is 1. The topological polar surface area (TPSA) is 60.9 Å². The number of hydrogen-bond acceptors (Lipinski definition) is 3. The monoisotopic (exact) mass is 215 g/mol. The Morgan fingerprint density at radius 1 is 1.50 bits per heavy atom. The third-order valence-electron chi connectivity index (χ3n) is 2.33. The first kappa shape index (κ1) is 10.4. The summed E-state index contributed by atoms with van der Waals surface area (Å²) in [5.41, 5.74) is 7.97. The maximum atomic E-state index is 11.2. The lowest BCUT2D eigenvalue weighted by Gasteiger charge is -2.03. The van der Waals surface area contributed by atoms with Crippen LogP contribution in [0, 0.1) is 0 Å². The lowest BCUT2D eigenvalue weighted by Crippen LogP contribution is -2.01. The van der Waals surface area contributed by atoms with Crippen molar-refractivity contribution in [2.45, 2.75) is 13.5 Å². The van der Waals surface area contributed by atoms with Crippen molar-refractivity contribution >= 4 is 11.5 Å². The predicted octanol–water partition coefficient (Wildman–Crippen LogP) is 1.72. The fraction of sp³-hybridized carbons (Fsp3) is 0.167. The van der Waals surface area contributed by atoms with Crippen LogP contribution in [0.4, 0.5) is 5.69 Å². The first-order valence-corrected chi connectivity index (χ1v) is 5.03. The molecule has 1 aromatic heterocycles. The number of nitrogen functional groups attached to an aromatic ring is 1. The van der Waals surface area contributed by atoms with Crippen molar-refractivity contribution in [3.05, 3.63) is 47.8 Å². The fourth-order valence-electron chi connectivity index (χ4n) is 1.54. The summed E-state index contributed by atoms with van der Waals surface area (Å²) in [6.07, 6.45) is 3.37. The fourth-order valence-corrected chi connectivity index (χ4v) is 1.54. The van der Waals surface area contributed by atoms with E-state index in [1.807, 2.05) is 24.3 Å². The van der Waals surface area contributed by atoms with Crippen LogP contribution in [0.3, 0.4) is 0 Å². The molecule has 4 nitrogen and oxygen atoms in total. The predicted molar refractivity (Wildman–Crippen MR) is 62.2 cm³/mol. The lowest BCUT2D eigenvalue weighted by atomic mass is 10.1. The number of anilines is 1. The molecule has 1 heterocycles. The van der Waals surface area contributed by atoms with Gasteiger partial charge in [-0.05, 0) is 18.6 Å². The normalized spacial score (nSPS) is 10.3. The van der Waals surface area contributed by atoms with Crippen LogP contribution in [0.5, 0.6) is 0 Å². The van der Waals surface area contributed by atoms with Gasteiger partial charge in [-0.2, -0.15) is 5.10 Å². The molecule has 0 aliphatic carbocycles. The molecule has 0 unspecified atom stereocenters. The van der Waals surface area contributed by atoms with E-state index in [-0.39, 0.29) is 5.78 Å². The lowest BCUT2D eigenvalue weighted by molar-refractivity contribution is 0.101. The van der Waals surface area contributed by atoms with Crippen molar-refractivity contribution in [1.29, 1.82) is 0 Å². The summed E-state index contributed by atoms with van der Waals surface area (Å²) in [6, 6.07) is 7.52. The SMILES string of the molecule is CC(=O)c1cccc(Cn2cc(N)cn2)c1. The molecular weight excluding hydrogens is 202 g/mol. The standard InChI is InChI=1S/C12H13N3O/c1-9(16)11-4-2-3-10(5-11)7-15-8-12(13)6-14-15/h2-6,8H,7,13H2,1H3. The quantitative estimate of drug-likeness (QED) is 0.793. The van der Waals surface area contributed by atoms with Crippen molar-refractivity contribution < 1.29 is 4.79 Å². The molecule has 0 radical (unpaired) electrons. The van der Waals surface area contributed by atoms with Crippen LogP contribution in [0.2, 0.25) is 0 Å². The van der Waals surface area contributed by atoms with Gasteiger partial charge in [0, 0.05) is 11.8 Å². The van der Waals surface area contributed by atoms with Gasteiger partial charge >= 0.3 is 0 Å². The second-order valence-electron chi connectivity index (χ2n) is 3.73. The van der Waals surface area contributed by atoms with Gasteiger partial charge in [0.1, 0.15) is 0 Å². The first-order valence-electron chi connectivity index (χ1n) is 5.03. The number of nitrogens with two attached hydrogens (primary N) is 1. The van der Waals surface area contributed by atoms with Crippen LogP contribution in [-0.4, -0.2) is 15.6 Å². The van der Waals surface area contributed by atoms with Crippen LogP contribution in [0.25, 0.3) is 0 Å². The molecule has 0 spiro atoms. The molecular formula is C12H13N3O. The van der Waals surface area contributed by atoms with Crippen molar-refractivity contribution in [3.8, 4) is 0 Å². The van der Waals surface area contributed by atoms with Crippen LogP contribution in [0.15, 0.2) is 36.7 Å². The smallest absolute Gasteiger partial charge is 0.159 e. The van der Waals surface area contributed by atoms with Gasteiger partial charge in [0.25, 0.3) is 0 Å². The largest absolute Gasteiger partial charge is 0.396 e. The van der Waals surface area contributed by atoms with E-state index in [4.69, 9.17) is 5.73 Å². The molecule has 0 aliphatic rings. The highest BCUT2D eigenvalue weighted by molar-refractivity contribution is 5.94. The van der Waals surface area contributed by atoms with E-state index in [1.165, 1.54) is 0 Å². The number of ketones is 1. The third kappa shape index (κ3) is 2.28. The number of benzene rings is 1. The summed E-state index contributed by atoms with van der Waals surface area (Å²) in [5, 5.41) is 4.09. The van der Waals surface area contributed by atoms with Crippen LogP contribution in [-0.2, 0) is 6.54 Å². The van der Waals surface area contributed by atoms with Gasteiger partial charge in [0.05, 0.1) is 18.4 Å².